The predicted molar refractivity (Wildman–Crippen MR) is 50.6 cm³/mol. The van der Waals surface area contributed by atoms with E-state index in [9.17, 15) is 14.4 Å². The number of carbonyl (C=O) groups excluding carboxylic acids is 3. The van der Waals surface area contributed by atoms with E-state index in [1.165, 1.54) is 13.8 Å². The minimum Gasteiger partial charge on any atom is -0.465 e. The monoisotopic (exact) mass is 198 g/mol. The van der Waals surface area contributed by atoms with Crippen LogP contribution >= 0.6 is 0 Å². The normalized spacial score (nSPS) is 13.9. The van der Waals surface area contributed by atoms with E-state index >= 15 is 0 Å². The van der Waals surface area contributed by atoms with Crippen LogP contribution in [0.2, 0.25) is 0 Å². The maximum Gasteiger partial charge on any atom is 0.327 e. The number of carbonyl (C=O) groups is 3. The second kappa shape index (κ2) is 4.69. The molecule has 0 heterocycles. The van der Waals surface area contributed by atoms with Crippen molar-refractivity contribution < 1.29 is 19.1 Å². The van der Waals surface area contributed by atoms with E-state index in [1.807, 2.05) is 0 Å². The number of ketones is 2. The molecule has 0 spiro atoms. The average Bonchev–Trinajstić information content (AvgIpc) is 2.15. The van der Waals surface area contributed by atoms with Gasteiger partial charge in [0, 0.05) is 0 Å². The van der Waals surface area contributed by atoms with Crippen LogP contribution < -0.4 is 0 Å². The molecule has 0 rings (SSSR count). The van der Waals surface area contributed by atoms with Crippen molar-refractivity contribution >= 4 is 17.5 Å². The van der Waals surface area contributed by atoms with E-state index in [0.29, 0.717) is 0 Å². The summed E-state index contributed by atoms with van der Waals surface area (Å²) in [6.45, 7) is 7.41. The van der Waals surface area contributed by atoms with Crippen LogP contribution in [0.15, 0.2) is 12.7 Å². The van der Waals surface area contributed by atoms with Crippen molar-refractivity contribution in [1.82, 2.24) is 0 Å². The van der Waals surface area contributed by atoms with Gasteiger partial charge >= 0.3 is 5.97 Å². The van der Waals surface area contributed by atoms with Crippen molar-refractivity contribution in [2.75, 3.05) is 6.61 Å². The fourth-order valence-corrected chi connectivity index (χ4v) is 0.897. The molecule has 0 amide bonds. The molecule has 0 aromatic carbocycles. The van der Waals surface area contributed by atoms with Gasteiger partial charge in [-0.1, -0.05) is 6.58 Å². The molecule has 0 fully saturated rings. The highest BCUT2D eigenvalue weighted by molar-refractivity contribution is 6.24. The van der Waals surface area contributed by atoms with Gasteiger partial charge in [0.15, 0.2) is 17.0 Å². The summed E-state index contributed by atoms with van der Waals surface area (Å²) >= 11 is 0. The molecule has 4 nitrogen and oxygen atoms in total. The van der Waals surface area contributed by atoms with Crippen molar-refractivity contribution in [3.05, 3.63) is 12.7 Å². The number of rotatable bonds is 5. The lowest BCUT2D eigenvalue weighted by Gasteiger charge is -2.20. The summed E-state index contributed by atoms with van der Waals surface area (Å²) in [7, 11) is 0. The smallest absolute Gasteiger partial charge is 0.327 e. The van der Waals surface area contributed by atoms with Crippen molar-refractivity contribution in [3.8, 4) is 0 Å². The average molecular weight is 198 g/mol. The Hall–Kier alpha value is -1.45. The van der Waals surface area contributed by atoms with Crippen LogP contribution in [0.5, 0.6) is 0 Å². The lowest BCUT2D eigenvalue weighted by molar-refractivity contribution is -0.161. The van der Waals surface area contributed by atoms with Gasteiger partial charge in [0.2, 0.25) is 0 Å². The zero-order chi connectivity index (χ0) is 11.4. The SMILES string of the molecule is C=CC(=O)C(C)(C(C)=O)C(=O)OCC. The van der Waals surface area contributed by atoms with Crippen molar-refractivity contribution in [1.29, 1.82) is 0 Å². The number of allylic oxidation sites excluding steroid dienone is 1. The van der Waals surface area contributed by atoms with Crippen LogP contribution in [0.25, 0.3) is 0 Å². The third-order valence-electron chi connectivity index (χ3n) is 2.07. The van der Waals surface area contributed by atoms with Gasteiger partial charge in [0.25, 0.3) is 0 Å². The molecular formula is C10H14O4. The van der Waals surface area contributed by atoms with E-state index in [-0.39, 0.29) is 6.61 Å². The second-order valence-electron chi connectivity index (χ2n) is 2.97. The van der Waals surface area contributed by atoms with Crippen LogP contribution in [0.1, 0.15) is 20.8 Å². The summed E-state index contributed by atoms with van der Waals surface area (Å²) in [5, 5.41) is 0. The zero-order valence-corrected chi connectivity index (χ0v) is 8.62. The Labute approximate surface area is 82.9 Å². The number of hydrogen-bond donors (Lipinski definition) is 0. The molecule has 1 unspecified atom stereocenters. The highest BCUT2D eigenvalue weighted by atomic mass is 16.5. The Bertz CT molecular complexity index is 280. The van der Waals surface area contributed by atoms with Gasteiger partial charge in [-0.05, 0) is 26.8 Å². The highest BCUT2D eigenvalue weighted by Crippen LogP contribution is 2.22. The number of Topliss-reactive ketones (excluding diaryl/α,β-unsaturated/α-hetero) is 1. The third kappa shape index (κ3) is 2.07. The molecule has 0 aliphatic carbocycles. The Morgan fingerprint density at radius 1 is 1.43 bits per heavy atom. The predicted octanol–water partition coefficient (Wildman–Crippen LogP) is 0.900. The van der Waals surface area contributed by atoms with Gasteiger partial charge in [0.05, 0.1) is 6.61 Å². The van der Waals surface area contributed by atoms with Gasteiger partial charge in [-0.2, -0.15) is 0 Å². The Morgan fingerprint density at radius 2 is 1.93 bits per heavy atom. The first-order valence-corrected chi connectivity index (χ1v) is 4.26. The Kier molecular flexibility index (Phi) is 4.21. The van der Waals surface area contributed by atoms with Gasteiger partial charge in [-0.25, -0.2) is 0 Å². The summed E-state index contributed by atoms with van der Waals surface area (Å²) in [4.78, 5) is 34.0. The lowest BCUT2D eigenvalue weighted by Crippen LogP contribution is -2.43. The van der Waals surface area contributed by atoms with Crippen LogP contribution in [0.4, 0.5) is 0 Å². The largest absolute Gasteiger partial charge is 0.465 e. The fourth-order valence-electron chi connectivity index (χ4n) is 0.897. The maximum atomic E-state index is 11.4. The van der Waals surface area contributed by atoms with Crippen molar-refractivity contribution in [3.63, 3.8) is 0 Å². The Morgan fingerprint density at radius 3 is 2.21 bits per heavy atom. The summed E-state index contributed by atoms with van der Waals surface area (Å²) < 4.78 is 4.66. The molecular weight excluding hydrogens is 184 g/mol. The third-order valence-corrected chi connectivity index (χ3v) is 2.07. The standard InChI is InChI=1S/C10H14O4/c1-5-8(12)10(4,7(3)11)9(13)14-6-2/h5H,1,6H2,2-4H3. The minimum atomic E-state index is -1.74. The zero-order valence-electron chi connectivity index (χ0n) is 8.62. The summed E-state index contributed by atoms with van der Waals surface area (Å²) in [6, 6.07) is 0. The van der Waals surface area contributed by atoms with Gasteiger partial charge in [-0.3, -0.25) is 14.4 Å². The maximum absolute atomic E-state index is 11.4. The molecule has 1 atom stereocenters. The summed E-state index contributed by atoms with van der Waals surface area (Å²) in [5.74, 6) is -2.00. The molecule has 14 heavy (non-hydrogen) atoms. The molecule has 0 N–H and O–H groups in total. The van der Waals surface area contributed by atoms with Gasteiger partial charge in [0.1, 0.15) is 0 Å². The van der Waals surface area contributed by atoms with E-state index in [0.717, 1.165) is 6.08 Å². The summed E-state index contributed by atoms with van der Waals surface area (Å²) in [5.41, 5.74) is -1.74. The van der Waals surface area contributed by atoms with E-state index in [4.69, 9.17) is 0 Å². The molecule has 0 aromatic heterocycles. The van der Waals surface area contributed by atoms with Gasteiger partial charge < -0.3 is 4.74 Å². The first kappa shape index (κ1) is 12.6. The molecule has 0 aliphatic heterocycles. The quantitative estimate of drug-likeness (QED) is 0.374. The number of hydrogen-bond acceptors (Lipinski definition) is 4. The molecule has 0 aliphatic rings. The molecule has 0 saturated heterocycles. The van der Waals surface area contributed by atoms with Crippen LogP contribution in [0.3, 0.4) is 0 Å². The molecule has 0 bridgehead atoms. The molecule has 78 valence electrons. The van der Waals surface area contributed by atoms with Crippen molar-refractivity contribution in [2.24, 2.45) is 5.41 Å². The molecule has 0 aromatic rings. The Balaban J connectivity index is 5.09. The highest BCUT2D eigenvalue weighted by Gasteiger charge is 2.45. The van der Waals surface area contributed by atoms with Crippen LogP contribution in [-0.2, 0) is 19.1 Å². The first-order valence-electron chi connectivity index (χ1n) is 4.26. The molecule has 0 saturated carbocycles. The van der Waals surface area contributed by atoms with Gasteiger partial charge in [-0.15, -0.1) is 0 Å². The van der Waals surface area contributed by atoms with Crippen LogP contribution in [-0.4, -0.2) is 24.1 Å². The number of ether oxygens (including phenoxy) is 1. The fraction of sp³-hybridized carbons (Fsp3) is 0.500. The minimum absolute atomic E-state index is 0.131. The second-order valence-corrected chi connectivity index (χ2v) is 2.97. The van der Waals surface area contributed by atoms with E-state index in [2.05, 4.69) is 11.3 Å². The number of esters is 1. The summed E-state index contributed by atoms with van der Waals surface area (Å²) in [6.07, 6.45) is 0.957. The molecule has 0 radical (unpaired) electrons. The topological polar surface area (TPSA) is 60.4 Å². The van der Waals surface area contributed by atoms with Crippen molar-refractivity contribution in [2.45, 2.75) is 20.8 Å². The first-order chi connectivity index (χ1) is 6.41. The lowest BCUT2D eigenvalue weighted by atomic mass is 9.82. The van der Waals surface area contributed by atoms with E-state index < -0.39 is 23.0 Å². The molecule has 4 heteroatoms. The van der Waals surface area contributed by atoms with Crippen LogP contribution in [0, 0.1) is 5.41 Å². The van der Waals surface area contributed by atoms with E-state index in [1.54, 1.807) is 6.92 Å².